The van der Waals surface area contributed by atoms with Gasteiger partial charge in [-0.1, -0.05) is 0 Å². The molecule has 0 unspecified atom stereocenters. The van der Waals surface area contributed by atoms with Gasteiger partial charge in [0, 0.05) is 57.6 Å². The van der Waals surface area contributed by atoms with E-state index in [0.29, 0.717) is 72.4 Å². The van der Waals surface area contributed by atoms with E-state index in [1.807, 2.05) is 72.0 Å². The number of benzene rings is 2. The predicted molar refractivity (Wildman–Crippen MR) is 183 cm³/mol. The molecule has 2 bridgehead atoms. The summed E-state index contributed by atoms with van der Waals surface area (Å²) in [5.74, 6) is -0.500. The average molecular weight is 647 g/mol. The van der Waals surface area contributed by atoms with E-state index in [-0.39, 0.29) is 23.6 Å². The molecule has 10 nitrogen and oxygen atoms in total. The number of aromatic nitrogens is 2. The van der Waals surface area contributed by atoms with Crippen LogP contribution in [0.15, 0.2) is 97.6 Å². The molecule has 7 rings (SSSR count). The van der Waals surface area contributed by atoms with Crippen LogP contribution in [0.1, 0.15) is 73.1 Å². The zero-order chi connectivity index (χ0) is 33.7. The van der Waals surface area contributed by atoms with Gasteiger partial charge in [0.1, 0.15) is 13.1 Å². The number of rotatable bonds is 10. The minimum absolute atomic E-state index is 0.0316. The molecule has 3 aliphatic rings. The molecule has 0 saturated heterocycles. The van der Waals surface area contributed by atoms with Crippen LogP contribution in [0.3, 0.4) is 0 Å². The summed E-state index contributed by atoms with van der Waals surface area (Å²) in [5.41, 5.74) is 2.69. The maximum Gasteiger partial charge on any atom is 0.255 e. The number of nitrogens with zero attached hydrogens (tertiary/aromatic N) is 2. The number of carbonyl (C=O) groups excluding carboxylic acids is 4. The van der Waals surface area contributed by atoms with Crippen LogP contribution >= 0.6 is 0 Å². The largest absolute Gasteiger partial charge is 0.326 e. The number of nitrogens with one attached hydrogen (secondary N) is 4. The molecule has 4 aromatic rings. The fourth-order valence-electron chi connectivity index (χ4n) is 6.71. The maximum absolute atomic E-state index is 13.5. The van der Waals surface area contributed by atoms with Crippen molar-refractivity contribution in [1.82, 2.24) is 0 Å². The van der Waals surface area contributed by atoms with Crippen molar-refractivity contribution in [3.8, 4) is 0 Å². The Bertz CT molecular complexity index is 1640. The number of hydrogen-bond donors (Lipinski definition) is 4. The molecule has 3 aliphatic carbocycles. The van der Waals surface area contributed by atoms with Gasteiger partial charge >= 0.3 is 0 Å². The van der Waals surface area contributed by atoms with Crippen LogP contribution in [0, 0.1) is 10.8 Å². The molecule has 246 valence electrons. The van der Waals surface area contributed by atoms with E-state index < -0.39 is 10.8 Å². The quantitative estimate of drug-likeness (QED) is 0.165. The third-order valence-corrected chi connectivity index (χ3v) is 10.0. The summed E-state index contributed by atoms with van der Waals surface area (Å²) in [6.45, 7) is 5.81. The Morgan fingerprint density at radius 1 is 0.479 bits per heavy atom. The normalized spacial score (nSPS) is 19.6. The lowest BCUT2D eigenvalue weighted by atomic mass is 9.53. The Morgan fingerprint density at radius 2 is 0.771 bits per heavy atom. The van der Waals surface area contributed by atoms with Crippen molar-refractivity contribution < 1.29 is 28.3 Å². The summed E-state index contributed by atoms with van der Waals surface area (Å²) in [4.78, 5) is 52.5. The molecule has 0 atom stereocenters. The van der Waals surface area contributed by atoms with Crippen LogP contribution < -0.4 is 30.4 Å². The van der Waals surface area contributed by atoms with Gasteiger partial charge in [-0.3, -0.25) is 19.2 Å². The molecule has 0 aliphatic heterocycles. The predicted octanol–water partition coefficient (Wildman–Crippen LogP) is 5.72. The molecular weight excluding hydrogens is 604 g/mol. The van der Waals surface area contributed by atoms with Crippen LogP contribution in [-0.4, -0.2) is 23.6 Å². The van der Waals surface area contributed by atoms with Gasteiger partial charge < -0.3 is 21.3 Å². The molecule has 4 amide bonds. The van der Waals surface area contributed by atoms with E-state index in [9.17, 15) is 19.2 Å². The molecule has 10 heteroatoms. The number of hydrogen-bond acceptors (Lipinski definition) is 4. The van der Waals surface area contributed by atoms with Gasteiger partial charge in [-0.25, -0.2) is 9.13 Å². The van der Waals surface area contributed by atoms with Crippen molar-refractivity contribution in [1.29, 1.82) is 0 Å². The van der Waals surface area contributed by atoms with Crippen LogP contribution in [0.25, 0.3) is 0 Å². The summed E-state index contributed by atoms with van der Waals surface area (Å²) in [7, 11) is 0. The Labute approximate surface area is 280 Å². The second kappa shape index (κ2) is 13.8. The second-order valence-corrected chi connectivity index (χ2v) is 12.9. The van der Waals surface area contributed by atoms with Gasteiger partial charge in [0.15, 0.2) is 24.8 Å². The van der Waals surface area contributed by atoms with E-state index in [2.05, 4.69) is 21.3 Å². The van der Waals surface area contributed by atoms with Gasteiger partial charge in [-0.15, -0.1) is 0 Å². The molecule has 0 radical (unpaired) electrons. The maximum atomic E-state index is 13.5. The third-order valence-electron chi connectivity index (χ3n) is 10.0. The van der Waals surface area contributed by atoms with E-state index >= 15 is 0 Å². The van der Waals surface area contributed by atoms with E-state index in [0.717, 1.165) is 13.1 Å². The average Bonchev–Trinajstić information content (AvgIpc) is 3.13. The van der Waals surface area contributed by atoms with Crippen molar-refractivity contribution in [2.75, 3.05) is 21.3 Å². The molecular formula is C38H42N6O4+2. The fourth-order valence-corrected chi connectivity index (χ4v) is 6.71. The molecule has 0 spiro atoms. The summed E-state index contributed by atoms with van der Waals surface area (Å²) >= 11 is 0. The Balaban J connectivity index is 0.996. The van der Waals surface area contributed by atoms with E-state index in [1.165, 1.54) is 0 Å². The Morgan fingerprint density at radius 3 is 1.06 bits per heavy atom. The summed E-state index contributed by atoms with van der Waals surface area (Å²) in [6.07, 6.45) is 11.5. The van der Waals surface area contributed by atoms with Crippen LogP contribution in [-0.2, 0) is 22.7 Å². The zero-order valence-electron chi connectivity index (χ0n) is 27.4. The minimum Gasteiger partial charge on any atom is -0.326 e. The van der Waals surface area contributed by atoms with Gasteiger partial charge in [0.25, 0.3) is 11.8 Å². The molecule has 2 heterocycles. The second-order valence-electron chi connectivity index (χ2n) is 12.9. The number of carbonyl (C=O) groups is 4. The van der Waals surface area contributed by atoms with Crippen LogP contribution in [0.4, 0.5) is 22.7 Å². The first-order valence-corrected chi connectivity index (χ1v) is 16.6. The smallest absolute Gasteiger partial charge is 0.255 e. The fraction of sp³-hybridized carbons (Fsp3) is 0.316. The van der Waals surface area contributed by atoms with Crippen LogP contribution in [0.5, 0.6) is 0 Å². The molecule has 4 N–H and O–H groups in total. The van der Waals surface area contributed by atoms with Crippen molar-refractivity contribution in [2.45, 2.75) is 65.5 Å². The lowest BCUT2D eigenvalue weighted by Gasteiger charge is -2.51. The summed E-state index contributed by atoms with van der Waals surface area (Å²) < 4.78 is 4.02. The van der Waals surface area contributed by atoms with Gasteiger partial charge in [-0.2, -0.15) is 0 Å². The van der Waals surface area contributed by atoms with Gasteiger partial charge in [0.2, 0.25) is 11.8 Å². The Hall–Kier alpha value is -5.38. The van der Waals surface area contributed by atoms with E-state index in [4.69, 9.17) is 0 Å². The van der Waals surface area contributed by atoms with Gasteiger partial charge in [0.05, 0.1) is 11.4 Å². The molecule has 3 saturated carbocycles. The SMILES string of the molecule is CC[n+]1ccc(NC(=O)c2ccc(NC(=O)C34CCC(C(=O)Nc5ccc(C(=O)Nc6cc[n+](CC)cc6)cc5)(CC3)CC4)cc2)cc1. The number of pyridine rings is 2. The first-order chi connectivity index (χ1) is 23.2. The lowest BCUT2D eigenvalue weighted by molar-refractivity contribution is -0.693. The van der Waals surface area contributed by atoms with Crippen molar-refractivity contribution in [2.24, 2.45) is 10.8 Å². The number of aryl methyl sites for hydroxylation is 2. The molecule has 48 heavy (non-hydrogen) atoms. The van der Waals surface area contributed by atoms with Crippen molar-refractivity contribution in [3.63, 3.8) is 0 Å². The first kappa shape index (κ1) is 32.6. The molecule has 3 fully saturated rings. The highest BCUT2D eigenvalue weighted by molar-refractivity contribution is 6.05. The highest BCUT2D eigenvalue weighted by Crippen LogP contribution is 2.57. The topological polar surface area (TPSA) is 124 Å². The Kier molecular flexibility index (Phi) is 9.34. The monoisotopic (exact) mass is 646 g/mol. The van der Waals surface area contributed by atoms with Crippen molar-refractivity contribution in [3.05, 3.63) is 109 Å². The summed E-state index contributed by atoms with van der Waals surface area (Å²) in [6, 6.07) is 21.3. The first-order valence-electron chi connectivity index (χ1n) is 16.6. The highest BCUT2D eigenvalue weighted by atomic mass is 16.2. The van der Waals surface area contributed by atoms with Crippen molar-refractivity contribution >= 4 is 46.4 Å². The lowest BCUT2D eigenvalue weighted by Crippen LogP contribution is -2.52. The number of fused-ring (bicyclic) bond motifs is 3. The third kappa shape index (κ3) is 6.97. The minimum atomic E-state index is -0.509. The standard InChI is InChI=1S/C38H40N6O4/c1-3-43-23-13-31(14-24-43)39-33(45)27-5-9-29(10-6-27)41-35(47)37-17-20-38(21-18-37,22-19-37)36(48)42-30-11-7-28(8-12-30)34(46)40-32-15-25-44(4-2)26-16-32/h5-16,23-26H,3-4,17-22H2,1-2H3,(H2,41,42,45,46,47,48)/p+2. The van der Waals surface area contributed by atoms with E-state index in [1.54, 1.807) is 48.5 Å². The highest BCUT2D eigenvalue weighted by Gasteiger charge is 2.55. The zero-order valence-corrected chi connectivity index (χ0v) is 27.4. The van der Waals surface area contributed by atoms with Crippen LogP contribution in [0.2, 0.25) is 0 Å². The summed E-state index contributed by atoms with van der Waals surface area (Å²) in [5, 5.41) is 11.9. The molecule has 2 aromatic carbocycles. The molecule has 2 aromatic heterocycles. The number of anilines is 4. The number of amides is 4. The van der Waals surface area contributed by atoms with Gasteiger partial charge in [-0.05, 0) is 101 Å².